The molecular weight excluding hydrogens is 324 g/mol. The molecule has 0 saturated carbocycles. The number of rotatable bonds is 2. The Morgan fingerprint density at radius 2 is 2.08 bits per heavy atom. The highest BCUT2D eigenvalue weighted by Gasteiger charge is 2.22. The molecule has 3 aromatic rings. The molecule has 1 aromatic carbocycles. The summed E-state index contributed by atoms with van der Waals surface area (Å²) in [6.07, 6.45) is 5.87. The van der Waals surface area contributed by atoms with Gasteiger partial charge >= 0.3 is 0 Å². The molecule has 5 heteroatoms. The highest BCUT2D eigenvalue weighted by Crippen LogP contribution is 2.22. The lowest BCUT2D eigenvalue weighted by Crippen LogP contribution is -2.39. The van der Waals surface area contributed by atoms with Crippen LogP contribution in [0.3, 0.4) is 0 Å². The van der Waals surface area contributed by atoms with Crippen molar-refractivity contribution in [3.8, 4) is 11.8 Å². The molecule has 1 unspecified atom stereocenters. The molecule has 1 atom stereocenters. The number of pyridine rings is 1. The van der Waals surface area contributed by atoms with Crippen molar-refractivity contribution in [3.05, 3.63) is 59.9 Å². The first-order valence-corrected chi connectivity index (χ1v) is 8.92. The van der Waals surface area contributed by atoms with E-state index in [1.165, 1.54) is 6.42 Å². The number of carbonyl (C=O) groups is 1. The number of nitrogens with zero attached hydrogens (tertiary/aromatic N) is 4. The van der Waals surface area contributed by atoms with Gasteiger partial charge in [0.15, 0.2) is 0 Å². The number of benzene rings is 1. The van der Waals surface area contributed by atoms with Crippen molar-refractivity contribution >= 4 is 16.9 Å². The molecule has 130 valence electrons. The molecule has 1 amide bonds. The summed E-state index contributed by atoms with van der Waals surface area (Å²) in [5.74, 6) is 0.624. The van der Waals surface area contributed by atoms with Gasteiger partial charge in [-0.05, 0) is 55.2 Å². The smallest absolute Gasteiger partial charge is 0.255 e. The molecule has 2 aromatic heterocycles. The van der Waals surface area contributed by atoms with Crippen LogP contribution < -0.4 is 0 Å². The maximum atomic E-state index is 12.8. The van der Waals surface area contributed by atoms with Gasteiger partial charge in [0.2, 0.25) is 0 Å². The average Bonchev–Trinajstić information content (AvgIpc) is 3.10. The number of amides is 1. The Morgan fingerprint density at radius 1 is 1.27 bits per heavy atom. The molecule has 0 N–H and O–H groups in total. The zero-order valence-corrected chi connectivity index (χ0v) is 14.7. The summed E-state index contributed by atoms with van der Waals surface area (Å²) in [7, 11) is 0. The number of hydrogen-bond acceptors (Lipinski definition) is 3. The monoisotopic (exact) mass is 344 g/mol. The first-order chi connectivity index (χ1) is 12.7. The lowest BCUT2D eigenvalue weighted by Gasteiger charge is -2.30. The van der Waals surface area contributed by atoms with E-state index in [-0.39, 0.29) is 5.91 Å². The number of likely N-dealkylation sites (tertiary alicyclic amines) is 1. The Labute approximate surface area is 152 Å². The first kappa shape index (κ1) is 16.3. The van der Waals surface area contributed by atoms with Gasteiger partial charge < -0.3 is 9.47 Å². The molecule has 1 saturated heterocycles. The van der Waals surface area contributed by atoms with Crippen LogP contribution in [0.1, 0.15) is 35.7 Å². The number of piperidine rings is 1. The van der Waals surface area contributed by atoms with Crippen LogP contribution in [-0.2, 0) is 0 Å². The van der Waals surface area contributed by atoms with Gasteiger partial charge in [0.25, 0.3) is 5.91 Å². The predicted molar refractivity (Wildman–Crippen MR) is 100 cm³/mol. The summed E-state index contributed by atoms with van der Waals surface area (Å²) >= 11 is 0. The number of fused-ring (bicyclic) bond motifs is 1. The topological polar surface area (TPSA) is 61.9 Å². The third-order valence-corrected chi connectivity index (χ3v) is 4.99. The fraction of sp³-hybridized carbons (Fsp3) is 0.286. The largest absolute Gasteiger partial charge is 0.338 e. The zero-order chi connectivity index (χ0) is 18.1. The Kier molecular flexibility index (Phi) is 4.18. The van der Waals surface area contributed by atoms with Gasteiger partial charge in [-0.1, -0.05) is 6.92 Å². The van der Waals surface area contributed by atoms with Crippen molar-refractivity contribution in [1.29, 1.82) is 5.26 Å². The maximum Gasteiger partial charge on any atom is 0.255 e. The van der Waals surface area contributed by atoms with Crippen molar-refractivity contribution in [2.24, 2.45) is 5.92 Å². The van der Waals surface area contributed by atoms with Crippen molar-refractivity contribution < 1.29 is 4.79 Å². The van der Waals surface area contributed by atoms with E-state index in [1.807, 2.05) is 39.9 Å². The van der Waals surface area contributed by atoms with E-state index < -0.39 is 0 Å². The van der Waals surface area contributed by atoms with E-state index in [0.29, 0.717) is 17.0 Å². The number of aromatic nitrogens is 2. The molecule has 1 aliphatic rings. The van der Waals surface area contributed by atoms with Gasteiger partial charge in [0.05, 0.1) is 17.2 Å². The van der Waals surface area contributed by atoms with Gasteiger partial charge in [0.1, 0.15) is 5.65 Å². The summed E-state index contributed by atoms with van der Waals surface area (Å²) in [6, 6.07) is 13.4. The van der Waals surface area contributed by atoms with Gasteiger partial charge in [-0.15, -0.1) is 0 Å². The summed E-state index contributed by atoms with van der Waals surface area (Å²) in [4.78, 5) is 19.3. The fourth-order valence-electron chi connectivity index (χ4n) is 3.60. The van der Waals surface area contributed by atoms with E-state index in [0.717, 1.165) is 36.2 Å². The van der Waals surface area contributed by atoms with E-state index in [2.05, 4.69) is 18.0 Å². The Hall–Kier alpha value is -3.13. The van der Waals surface area contributed by atoms with Crippen molar-refractivity contribution in [3.63, 3.8) is 0 Å². The van der Waals surface area contributed by atoms with E-state index in [9.17, 15) is 4.79 Å². The Morgan fingerprint density at radius 3 is 2.81 bits per heavy atom. The fourth-order valence-corrected chi connectivity index (χ4v) is 3.60. The molecule has 3 heterocycles. The molecule has 0 bridgehead atoms. The van der Waals surface area contributed by atoms with Crippen LogP contribution in [0.2, 0.25) is 0 Å². The molecule has 1 aliphatic heterocycles. The quantitative estimate of drug-likeness (QED) is 0.711. The summed E-state index contributed by atoms with van der Waals surface area (Å²) in [5, 5.41) is 9.87. The Balaban J connectivity index is 1.64. The average molecular weight is 344 g/mol. The van der Waals surface area contributed by atoms with Crippen LogP contribution in [0.4, 0.5) is 0 Å². The van der Waals surface area contributed by atoms with Crippen LogP contribution in [0.25, 0.3) is 16.7 Å². The van der Waals surface area contributed by atoms with Crippen LogP contribution in [0.15, 0.2) is 48.8 Å². The second-order valence-corrected chi connectivity index (χ2v) is 6.98. The Bertz CT molecular complexity index is 997. The molecular formula is C21H20N4O. The van der Waals surface area contributed by atoms with Gasteiger partial charge in [0, 0.05) is 36.6 Å². The minimum Gasteiger partial charge on any atom is -0.338 e. The lowest BCUT2D eigenvalue weighted by molar-refractivity contribution is 0.0683. The zero-order valence-electron chi connectivity index (χ0n) is 14.7. The van der Waals surface area contributed by atoms with Crippen LogP contribution in [0.5, 0.6) is 0 Å². The van der Waals surface area contributed by atoms with Gasteiger partial charge in [-0.25, -0.2) is 4.98 Å². The second kappa shape index (κ2) is 6.64. The number of hydrogen-bond donors (Lipinski definition) is 0. The minimum atomic E-state index is 0.0667. The van der Waals surface area contributed by atoms with Crippen LogP contribution in [-0.4, -0.2) is 33.4 Å². The molecule has 0 aliphatic carbocycles. The summed E-state index contributed by atoms with van der Waals surface area (Å²) < 4.78 is 1.97. The highest BCUT2D eigenvalue weighted by molar-refractivity contribution is 5.97. The maximum absolute atomic E-state index is 12.8. The van der Waals surface area contributed by atoms with E-state index in [1.54, 1.807) is 18.3 Å². The lowest BCUT2D eigenvalue weighted by atomic mass is 9.99. The van der Waals surface area contributed by atoms with Crippen LogP contribution >= 0.6 is 0 Å². The summed E-state index contributed by atoms with van der Waals surface area (Å²) in [5.41, 5.74) is 3.01. The van der Waals surface area contributed by atoms with E-state index >= 15 is 0 Å². The first-order valence-electron chi connectivity index (χ1n) is 8.92. The van der Waals surface area contributed by atoms with Crippen molar-refractivity contribution in [1.82, 2.24) is 14.5 Å². The summed E-state index contributed by atoms with van der Waals surface area (Å²) in [6.45, 7) is 3.84. The van der Waals surface area contributed by atoms with Crippen molar-refractivity contribution in [2.45, 2.75) is 19.8 Å². The standard InChI is InChI=1S/C21H20N4O/c1-15-3-2-9-24(14-15)21(26)18-11-17-8-10-25(20(17)23-13-18)19-6-4-16(12-22)5-7-19/h4-8,10-11,13,15H,2-3,9,14H2,1H3. The molecule has 5 nitrogen and oxygen atoms in total. The van der Waals surface area contributed by atoms with Crippen molar-refractivity contribution in [2.75, 3.05) is 13.1 Å². The molecule has 4 rings (SSSR count). The highest BCUT2D eigenvalue weighted by atomic mass is 16.2. The molecule has 1 fully saturated rings. The number of nitriles is 1. The molecule has 0 radical (unpaired) electrons. The second-order valence-electron chi connectivity index (χ2n) is 6.98. The third-order valence-electron chi connectivity index (χ3n) is 4.99. The molecule has 26 heavy (non-hydrogen) atoms. The normalized spacial score (nSPS) is 17.2. The SMILES string of the molecule is CC1CCCN(C(=O)c2cnc3c(ccn3-c3ccc(C#N)cc3)c2)C1. The van der Waals surface area contributed by atoms with Crippen LogP contribution in [0, 0.1) is 17.2 Å². The minimum absolute atomic E-state index is 0.0667. The third kappa shape index (κ3) is 2.95. The number of carbonyl (C=O) groups excluding carboxylic acids is 1. The van der Waals surface area contributed by atoms with Gasteiger partial charge in [-0.2, -0.15) is 5.26 Å². The van der Waals surface area contributed by atoms with E-state index in [4.69, 9.17) is 5.26 Å². The predicted octanol–water partition coefficient (Wildman–Crippen LogP) is 3.77. The van der Waals surface area contributed by atoms with Gasteiger partial charge in [-0.3, -0.25) is 4.79 Å². The molecule has 0 spiro atoms.